The average Bonchev–Trinajstić information content (AvgIpc) is 2.37. The Kier molecular flexibility index (Phi) is 4.13. The molecule has 0 spiro atoms. The van der Waals surface area contributed by atoms with E-state index in [1.165, 1.54) is 12.1 Å². The molecule has 1 aliphatic heterocycles. The summed E-state index contributed by atoms with van der Waals surface area (Å²) in [5, 5.41) is 0. The molecule has 6 heteroatoms. The van der Waals surface area contributed by atoms with Crippen LogP contribution in [0.4, 0.5) is 15.8 Å². The summed E-state index contributed by atoms with van der Waals surface area (Å²) in [6.45, 7) is 1.92. The van der Waals surface area contributed by atoms with Crippen molar-refractivity contribution in [2.45, 2.75) is 18.9 Å². The average molecular weight is 280 g/mol. The molecule has 1 atom stereocenters. The Morgan fingerprint density at radius 1 is 1.50 bits per heavy atom. The topological polar surface area (TPSA) is 75.6 Å². The minimum atomic E-state index is -0.641. The largest absolute Gasteiger partial charge is 0.398 e. The lowest BCUT2D eigenvalue weighted by Gasteiger charge is -2.37. The number of carbonyl (C=O) groups excluding carboxylic acids is 1. The van der Waals surface area contributed by atoms with Crippen LogP contribution in [0.1, 0.15) is 23.2 Å². The Bertz CT molecular complexity index is 520. The van der Waals surface area contributed by atoms with Crippen LogP contribution in [0.5, 0.6) is 0 Å². The minimum Gasteiger partial charge on any atom is -0.398 e. The zero-order valence-electron chi connectivity index (χ0n) is 11.9. The second kappa shape index (κ2) is 5.66. The maximum atomic E-state index is 14.1. The third-order valence-electron chi connectivity index (χ3n) is 3.91. The van der Waals surface area contributed by atoms with E-state index in [0.29, 0.717) is 5.69 Å². The van der Waals surface area contributed by atoms with Gasteiger partial charge in [-0.1, -0.05) is 0 Å². The van der Waals surface area contributed by atoms with Crippen LogP contribution in [0.25, 0.3) is 0 Å². The van der Waals surface area contributed by atoms with Gasteiger partial charge in [-0.25, -0.2) is 4.39 Å². The summed E-state index contributed by atoms with van der Waals surface area (Å²) in [7, 11) is 3.89. The zero-order chi connectivity index (χ0) is 14.9. The van der Waals surface area contributed by atoms with E-state index in [-0.39, 0.29) is 17.3 Å². The van der Waals surface area contributed by atoms with E-state index in [4.69, 9.17) is 11.5 Å². The van der Waals surface area contributed by atoms with Gasteiger partial charge in [-0.15, -0.1) is 0 Å². The van der Waals surface area contributed by atoms with Crippen LogP contribution in [0.15, 0.2) is 12.1 Å². The van der Waals surface area contributed by atoms with Gasteiger partial charge in [0.1, 0.15) is 5.82 Å². The van der Waals surface area contributed by atoms with Gasteiger partial charge in [0.05, 0.1) is 11.3 Å². The molecule has 0 aromatic heterocycles. The summed E-state index contributed by atoms with van der Waals surface area (Å²) in [5.74, 6) is -1.07. The number of nitrogens with two attached hydrogens (primary N) is 2. The summed E-state index contributed by atoms with van der Waals surface area (Å²) in [5.41, 5.74) is 11.5. The fraction of sp³-hybridized carbons (Fsp3) is 0.500. The van der Waals surface area contributed by atoms with Crippen molar-refractivity contribution in [3.05, 3.63) is 23.5 Å². The number of hydrogen-bond acceptors (Lipinski definition) is 4. The highest BCUT2D eigenvalue weighted by atomic mass is 19.1. The van der Waals surface area contributed by atoms with Gasteiger partial charge in [-0.3, -0.25) is 4.79 Å². The van der Waals surface area contributed by atoms with Crippen LogP contribution in [0.2, 0.25) is 0 Å². The Morgan fingerprint density at radius 2 is 2.20 bits per heavy atom. The first-order valence-electron chi connectivity index (χ1n) is 6.70. The maximum absolute atomic E-state index is 14.1. The molecule has 4 N–H and O–H groups in total. The summed E-state index contributed by atoms with van der Waals surface area (Å²) >= 11 is 0. The number of benzene rings is 1. The quantitative estimate of drug-likeness (QED) is 0.811. The van der Waals surface area contributed by atoms with E-state index in [1.807, 2.05) is 19.0 Å². The highest BCUT2D eigenvalue weighted by Gasteiger charge is 2.24. The molecule has 1 fully saturated rings. The first kappa shape index (κ1) is 14.6. The number of primary amides is 1. The molecule has 1 amide bonds. The van der Waals surface area contributed by atoms with Gasteiger partial charge in [0.25, 0.3) is 5.91 Å². The molecule has 1 heterocycles. The van der Waals surface area contributed by atoms with Crippen LogP contribution >= 0.6 is 0 Å². The van der Waals surface area contributed by atoms with Crippen molar-refractivity contribution in [2.24, 2.45) is 5.73 Å². The number of nitrogens with zero attached hydrogens (tertiary/aromatic N) is 2. The number of halogens is 1. The third kappa shape index (κ3) is 2.85. The van der Waals surface area contributed by atoms with E-state index in [9.17, 15) is 9.18 Å². The minimum absolute atomic E-state index is 0.0768. The fourth-order valence-corrected chi connectivity index (χ4v) is 2.71. The molecule has 0 saturated carbocycles. The molecule has 1 saturated heterocycles. The van der Waals surface area contributed by atoms with Crippen LogP contribution in [0.3, 0.4) is 0 Å². The van der Waals surface area contributed by atoms with Gasteiger partial charge in [-0.2, -0.15) is 0 Å². The SMILES string of the molecule is CN1CCCC(N(C)c2cc(C(N)=O)c(N)cc2F)C1. The van der Waals surface area contributed by atoms with Gasteiger partial charge in [0.15, 0.2) is 0 Å². The molecular formula is C14H21FN4O. The molecule has 0 radical (unpaired) electrons. The second-order valence-electron chi connectivity index (χ2n) is 5.42. The highest BCUT2D eigenvalue weighted by Crippen LogP contribution is 2.28. The van der Waals surface area contributed by atoms with Crippen LogP contribution in [-0.4, -0.2) is 44.0 Å². The first-order valence-corrected chi connectivity index (χ1v) is 6.70. The number of amides is 1. The third-order valence-corrected chi connectivity index (χ3v) is 3.91. The number of hydrogen-bond donors (Lipinski definition) is 2. The lowest BCUT2D eigenvalue weighted by atomic mass is 10.0. The van der Waals surface area contributed by atoms with Crippen LogP contribution < -0.4 is 16.4 Å². The molecule has 1 unspecified atom stereocenters. The summed E-state index contributed by atoms with van der Waals surface area (Å²) in [6, 6.07) is 2.83. The molecular weight excluding hydrogens is 259 g/mol. The molecule has 1 aromatic rings. The van der Waals surface area contributed by atoms with Crippen molar-refractivity contribution >= 4 is 17.3 Å². The maximum Gasteiger partial charge on any atom is 0.250 e. The van der Waals surface area contributed by atoms with E-state index >= 15 is 0 Å². The molecule has 20 heavy (non-hydrogen) atoms. The molecule has 110 valence electrons. The molecule has 5 nitrogen and oxygen atoms in total. The number of piperidine rings is 1. The number of rotatable bonds is 3. The lowest BCUT2D eigenvalue weighted by molar-refractivity contribution is 0.100. The first-order chi connectivity index (χ1) is 9.40. The van der Waals surface area contributed by atoms with Gasteiger partial charge in [0, 0.05) is 25.3 Å². The molecule has 2 rings (SSSR count). The Morgan fingerprint density at radius 3 is 2.80 bits per heavy atom. The number of likely N-dealkylation sites (tertiary alicyclic amines) is 1. The van der Waals surface area contributed by atoms with E-state index in [0.717, 1.165) is 25.9 Å². The van der Waals surface area contributed by atoms with Crippen molar-refractivity contribution < 1.29 is 9.18 Å². The number of carbonyl (C=O) groups is 1. The van der Waals surface area contributed by atoms with Crippen molar-refractivity contribution in [1.82, 2.24) is 4.90 Å². The van der Waals surface area contributed by atoms with Gasteiger partial charge < -0.3 is 21.3 Å². The van der Waals surface area contributed by atoms with Crippen molar-refractivity contribution in [3.63, 3.8) is 0 Å². The van der Waals surface area contributed by atoms with Crippen molar-refractivity contribution in [1.29, 1.82) is 0 Å². The summed E-state index contributed by atoms with van der Waals surface area (Å²) < 4.78 is 14.1. The zero-order valence-corrected chi connectivity index (χ0v) is 11.9. The molecule has 1 aromatic carbocycles. The second-order valence-corrected chi connectivity index (χ2v) is 5.42. The van der Waals surface area contributed by atoms with Gasteiger partial charge >= 0.3 is 0 Å². The Balaban J connectivity index is 2.31. The van der Waals surface area contributed by atoms with Gasteiger partial charge in [-0.05, 0) is 38.6 Å². The monoisotopic (exact) mass is 280 g/mol. The number of anilines is 2. The molecule has 1 aliphatic rings. The standard InChI is InChI=1S/C14H21FN4O/c1-18-5-3-4-9(8-18)19(2)13-6-10(14(17)20)12(16)7-11(13)15/h6-7,9H,3-5,8,16H2,1-2H3,(H2,17,20). The number of nitrogen functional groups attached to an aromatic ring is 1. The predicted octanol–water partition coefficient (Wildman–Crippen LogP) is 1.04. The predicted molar refractivity (Wildman–Crippen MR) is 78.3 cm³/mol. The Labute approximate surface area is 118 Å². The van der Waals surface area contributed by atoms with Crippen LogP contribution in [0, 0.1) is 5.82 Å². The van der Waals surface area contributed by atoms with Crippen molar-refractivity contribution in [2.75, 3.05) is 37.8 Å². The summed E-state index contributed by atoms with van der Waals surface area (Å²) in [6.07, 6.45) is 2.07. The lowest BCUT2D eigenvalue weighted by Crippen LogP contribution is -2.45. The normalized spacial score (nSPS) is 19.9. The molecule has 0 bridgehead atoms. The van der Waals surface area contributed by atoms with Crippen LogP contribution in [-0.2, 0) is 0 Å². The van der Waals surface area contributed by atoms with E-state index < -0.39 is 11.7 Å². The fourth-order valence-electron chi connectivity index (χ4n) is 2.71. The van der Waals surface area contributed by atoms with E-state index in [1.54, 1.807) is 0 Å². The highest BCUT2D eigenvalue weighted by molar-refractivity contribution is 5.99. The van der Waals surface area contributed by atoms with E-state index in [2.05, 4.69) is 4.90 Å². The summed E-state index contributed by atoms with van der Waals surface area (Å²) in [4.78, 5) is 15.4. The Hall–Kier alpha value is -1.82. The van der Waals surface area contributed by atoms with Gasteiger partial charge in [0.2, 0.25) is 0 Å². The molecule has 0 aliphatic carbocycles. The number of likely N-dealkylation sites (N-methyl/N-ethyl adjacent to an activating group) is 2. The van der Waals surface area contributed by atoms with Crippen molar-refractivity contribution in [3.8, 4) is 0 Å². The smallest absolute Gasteiger partial charge is 0.250 e.